The molecule has 8 rings (SSSR count). The van der Waals surface area contributed by atoms with Crippen molar-refractivity contribution in [2.75, 3.05) is 5.32 Å². The normalized spacial score (nSPS) is 10.6. The average Bonchev–Trinajstić information content (AvgIpc) is 3.26. The van der Waals surface area contributed by atoms with Gasteiger partial charge < -0.3 is 10.7 Å². The number of benzene rings is 6. The van der Waals surface area contributed by atoms with Crippen molar-refractivity contribution in [3.8, 4) is 67.5 Å². The fraction of sp³-hybridized carbons (Fsp3) is 0. The van der Waals surface area contributed by atoms with Gasteiger partial charge in [-0.25, -0.2) is 15.0 Å². The Morgan fingerprint density at radius 1 is 0.327 bits per heavy atom. The molecular weight excluding hydrogens is 671 g/mol. The fourth-order valence-corrected chi connectivity index (χ4v) is 6.46. The summed E-state index contributed by atoms with van der Waals surface area (Å²) in [6.45, 7) is 0. The van der Waals surface area contributed by atoms with E-state index in [0.29, 0.717) is 17.5 Å². The number of rotatable bonds is 9. The van der Waals surface area contributed by atoms with Gasteiger partial charge in [-0.3, -0.25) is 0 Å². The molecule has 0 amide bonds. The first-order chi connectivity index (χ1) is 27.2. The predicted octanol–water partition coefficient (Wildman–Crippen LogP) is 12.7. The van der Waals surface area contributed by atoms with E-state index in [-0.39, 0.29) is 0 Å². The topological polar surface area (TPSA) is 74.6 Å². The van der Waals surface area contributed by atoms with Crippen LogP contribution in [0.5, 0.6) is 0 Å². The molecular formula is C50H37N5. The summed E-state index contributed by atoms with van der Waals surface area (Å²) in [7, 11) is 0. The Labute approximate surface area is 321 Å². The number of nitrogens with zero attached hydrogens (tertiary/aromatic N) is 3. The third kappa shape index (κ3) is 8.27. The van der Waals surface area contributed by atoms with Crippen LogP contribution >= 0.6 is 0 Å². The van der Waals surface area contributed by atoms with E-state index in [1.807, 2.05) is 115 Å². The van der Waals surface area contributed by atoms with Crippen LogP contribution in [0.2, 0.25) is 0 Å². The highest BCUT2D eigenvalue weighted by atomic mass is 15.0. The molecule has 0 saturated heterocycles. The van der Waals surface area contributed by atoms with Crippen LogP contribution in [0.15, 0.2) is 206 Å². The van der Waals surface area contributed by atoms with Crippen molar-refractivity contribution in [1.82, 2.24) is 15.0 Å². The van der Waals surface area contributed by atoms with Gasteiger partial charge in [0.15, 0.2) is 17.5 Å². The number of nitrogens with one attached hydrogen (secondary N) is 2. The minimum atomic E-state index is 0.621. The zero-order chi connectivity index (χ0) is 37.2. The summed E-state index contributed by atoms with van der Waals surface area (Å²) in [4.78, 5) is 14.7. The fourth-order valence-electron chi connectivity index (χ4n) is 6.46. The first-order valence-corrected chi connectivity index (χ1v) is 18.2. The molecule has 5 heteroatoms. The Morgan fingerprint density at radius 2 is 0.691 bits per heavy atom. The molecule has 55 heavy (non-hydrogen) atoms. The number of anilines is 2. The minimum Gasteiger partial charge on any atom is -0.355 e. The maximum atomic E-state index is 8.20. The molecule has 7 aromatic carbocycles. The van der Waals surface area contributed by atoms with Crippen molar-refractivity contribution < 1.29 is 0 Å². The Kier molecular flexibility index (Phi) is 10.3. The van der Waals surface area contributed by atoms with Gasteiger partial charge in [0.05, 0.1) is 0 Å². The summed E-state index contributed by atoms with van der Waals surface area (Å²) >= 11 is 0. The van der Waals surface area contributed by atoms with Gasteiger partial charge in [-0.1, -0.05) is 176 Å². The maximum Gasteiger partial charge on any atom is 0.164 e. The van der Waals surface area contributed by atoms with Gasteiger partial charge in [0.1, 0.15) is 0 Å². The van der Waals surface area contributed by atoms with E-state index in [4.69, 9.17) is 20.4 Å². The van der Waals surface area contributed by atoms with Crippen LogP contribution in [0.1, 0.15) is 5.56 Å². The molecule has 0 saturated carbocycles. The van der Waals surface area contributed by atoms with Crippen LogP contribution in [0.4, 0.5) is 11.4 Å². The zero-order valence-corrected chi connectivity index (χ0v) is 30.0. The molecule has 0 unspecified atom stereocenters. The van der Waals surface area contributed by atoms with Gasteiger partial charge in [-0.05, 0) is 63.7 Å². The lowest BCUT2D eigenvalue weighted by molar-refractivity contribution is 1.07. The van der Waals surface area contributed by atoms with E-state index < -0.39 is 0 Å². The van der Waals surface area contributed by atoms with Gasteiger partial charge in [0.25, 0.3) is 0 Å². The largest absolute Gasteiger partial charge is 0.355 e. The van der Waals surface area contributed by atoms with E-state index in [1.54, 1.807) is 0 Å². The maximum absolute atomic E-state index is 8.20. The molecule has 0 fully saturated rings. The summed E-state index contributed by atoms with van der Waals surface area (Å²) in [6, 6.07) is 69.8. The summed E-state index contributed by atoms with van der Waals surface area (Å²) in [5, 5.41) is 11.8. The lowest BCUT2D eigenvalue weighted by Gasteiger charge is -2.12. The lowest BCUT2D eigenvalue weighted by atomic mass is 9.97. The number of aromatic nitrogens is 3. The summed E-state index contributed by atoms with van der Waals surface area (Å²) in [5.74, 6) is 1.89. The first kappa shape index (κ1) is 34.6. The highest BCUT2D eigenvalue weighted by Gasteiger charge is 2.13. The molecule has 0 atom stereocenters. The van der Waals surface area contributed by atoms with E-state index in [2.05, 4.69) is 96.3 Å². The third-order valence-corrected chi connectivity index (χ3v) is 9.27. The van der Waals surface area contributed by atoms with Gasteiger partial charge in [-0.2, -0.15) is 0 Å². The molecule has 1 aromatic heterocycles. The van der Waals surface area contributed by atoms with Crippen molar-refractivity contribution >= 4 is 17.6 Å². The third-order valence-electron chi connectivity index (χ3n) is 9.27. The Morgan fingerprint density at radius 3 is 1.24 bits per heavy atom. The Bertz CT molecular complexity index is 2580. The first-order valence-electron chi connectivity index (χ1n) is 18.2. The predicted molar refractivity (Wildman–Crippen MR) is 228 cm³/mol. The number of hydrogen-bond donors (Lipinski definition) is 2. The molecule has 0 aliphatic carbocycles. The van der Waals surface area contributed by atoms with Crippen LogP contribution in [0.3, 0.4) is 0 Å². The SMILES string of the molecule is N=Cc1cccc(-c2ccccc2)ccccc1Nc1cccc(-c2cccc(-c3cccc(-c4nc(-c5ccccc5)nc(-c5ccccc5)n4)c3)c2)c1. The van der Waals surface area contributed by atoms with Crippen molar-refractivity contribution in [2.45, 2.75) is 0 Å². The molecule has 2 N–H and O–H groups in total. The Hall–Kier alpha value is -7.50. The summed E-state index contributed by atoms with van der Waals surface area (Å²) in [6.07, 6.45) is 1.38. The van der Waals surface area contributed by atoms with Crippen LogP contribution in [0.25, 0.3) is 67.5 Å². The molecule has 5 nitrogen and oxygen atoms in total. The smallest absolute Gasteiger partial charge is 0.164 e. The highest BCUT2D eigenvalue weighted by molar-refractivity contribution is 5.87. The van der Waals surface area contributed by atoms with Gasteiger partial charge in [0.2, 0.25) is 0 Å². The van der Waals surface area contributed by atoms with Crippen molar-refractivity contribution in [3.63, 3.8) is 0 Å². The van der Waals surface area contributed by atoms with Gasteiger partial charge >= 0.3 is 0 Å². The van der Waals surface area contributed by atoms with E-state index in [0.717, 1.165) is 67.0 Å². The van der Waals surface area contributed by atoms with Crippen molar-refractivity contribution in [3.05, 3.63) is 212 Å². The second-order valence-corrected chi connectivity index (χ2v) is 13.0. The summed E-state index contributed by atoms with van der Waals surface area (Å²) < 4.78 is 0. The Balaban J connectivity index is 1.09. The molecule has 0 aliphatic heterocycles. The quantitative estimate of drug-likeness (QED) is 0.146. The molecule has 0 aliphatic rings. The van der Waals surface area contributed by atoms with E-state index >= 15 is 0 Å². The van der Waals surface area contributed by atoms with E-state index in [1.165, 1.54) is 6.21 Å². The molecule has 262 valence electrons. The minimum absolute atomic E-state index is 0.621. The molecule has 0 radical (unpaired) electrons. The van der Waals surface area contributed by atoms with Crippen molar-refractivity contribution in [2.24, 2.45) is 0 Å². The standard InChI is InChI=1S/C50H37N5/c51-35-45-29-12-23-37(36-16-4-1-5-17-36)18-10-11-31-47(45)52-46-30-15-27-43(34-46)41-25-13-24-40(32-41)42-26-14-28-44(33-42)50-54-48(38-19-6-2-7-20-38)53-49(55-50)39-21-8-3-9-22-39/h1-35,51-52H. The second-order valence-electron chi connectivity index (χ2n) is 13.0. The van der Waals surface area contributed by atoms with Crippen molar-refractivity contribution in [1.29, 1.82) is 5.41 Å². The van der Waals surface area contributed by atoms with Crippen LogP contribution < -0.4 is 5.32 Å². The van der Waals surface area contributed by atoms with Crippen LogP contribution in [-0.4, -0.2) is 21.2 Å². The monoisotopic (exact) mass is 707 g/mol. The van der Waals surface area contributed by atoms with Gasteiger partial charge in [-0.15, -0.1) is 0 Å². The number of hydrogen-bond acceptors (Lipinski definition) is 5. The highest BCUT2D eigenvalue weighted by Crippen LogP contribution is 2.32. The summed E-state index contributed by atoms with van der Waals surface area (Å²) in [5.41, 5.74) is 11.9. The van der Waals surface area contributed by atoms with E-state index in [9.17, 15) is 0 Å². The molecule has 0 bridgehead atoms. The molecule has 1 heterocycles. The lowest BCUT2D eigenvalue weighted by Crippen LogP contribution is -2.00. The average molecular weight is 708 g/mol. The molecule has 8 aromatic rings. The molecule has 0 spiro atoms. The van der Waals surface area contributed by atoms with Gasteiger partial charge in [0, 0.05) is 39.8 Å². The van der Waals surface area contributed by atoms with Crippen LogP contribution in [-0.2, 0) is 0 Å². The second kappa shape index (κ2) is 16.4. The zero-order valence-electron chi connectivity index (χ0n) is 30.0. The van der Waals surface area contributed by atoms with Crippen LogP contribution in [0, 0.1) is 5.41 Å².